The van der Waals surface area contributed by atoms with Crippen LogP contribution < -0.4 is 0 Å². The van der Waals surface area contributed by atoms with Gasteiger partial charge in [-0.2, -0.15) is 4.91 Å². The highest BCUT2D eigenvalue weighted by Gasteiger charge is 2.21. The van der Waals surface area contributed by atoms with Crippen LogP contribution in [0.5, 0.6) is 0 Å². The van der Waals surface area contributed by atoms with Crippen LogP contribution in [-0.2, 0) is 9.59 Å². The Morgan fingerprint density at radius 3 is 2.31 bits per heavy atom. The van der Waals surface area contributed by atoms with Gasteiger partial charge in [-0.1, -0.05) is 5.18 Å². The maximum absolute atomic E-state index is 11.0. The summed E-state index contributed by atoms with van der Waals surface area (Å²) in [6.07, 6.45) is 3.74. The molecule has 1 aliphatic heterocycles. The normalized spacial score (nSPS) is 15.5. The third-order valence-corrected chi connectivity index (χ3v) is 1.78. The first kappa shape index (κ1) is 9.57. The largest absolute Gasteiger partial charge is 0.275 e. The number of nitrogens with zero attached hydrogens (tertiary/aromatic N) is 2. The standard InChI is InChI=1S/C8H10N2O3/c11-7-3-4-8(12)10(7)6-2-1-5-9-13/h3-4H,1-2,5-6H2. The lowest BCUT2D eigenvalue weighted by Gasteiger charge is -2.12. The van der Waals surface area contributed by atoms with Crippen molar-refractivity contribution >= 4 is 11.8 Å². The van der Waals surface area contributed by atoms with Gasteiger partial charge in [0.15, 0.2) is 0 Å². The minimum Gasteiger partial charge on any atom is -0.275 e. The van der Waals surface area contributed by atoms with Crippen LogP contribution in [0.25, 0.3) is 0 Å². The van der Waals surface area contributed by atoms with Gasteiger partial charge < -0.3 is 0 Å². The van der Waals surface area contributed by atoms with E-state index < -0.39 is 0 Å². The molecule has 0 atom stereocenters. The van der Waals surface area contributed by atoms with Gasteiger partial charge in [-0.05, 0) is 12.8 Å². The number of hydrogen-bond acceptors (Lipinski definition) is 4. The van der Waals surface area contributed by atoms with E-state index in [0.717, 1.165) is 4.90 Å². The van der Waals surface area contributed by atoms with Crippen molar-refractivity contribution in [1.82, 2.24) is 4.90 Å². The molecule has 5 heteroatoms. The summed E-state index contributed by atoms with van der Waals surface area (Å²) in [5.74, 6) is -0.548. The van der Waals surface area contributed by atoms with Crippen LogP contribution >= 0.6 is 0 Å². The van der Waals surface area contributed by atoms with E-state index in [1.165, 1.54) is 12.2 Å². The first-order valence-corrected chi connectivity index (χ1v) is 4.08. The maximum atomic E-state index is 11.0. The molecule has 2 amide bonds. The molecule has 5 nitrogen and oxygen atoms in total. The molecular formula is C8H10N2O3. The van der Waals surface area contributed by atoms with E-state index in [4.69, 9.17) is 0 Å². The van der Waals surface area contributed by atoms with Crippen molar-refractivity contribution in [2.24, 2.45) is 5.18 Å². The van der Waals surface area contributed by atoms with Crippen molar-refractivity contribution in [3.8, 4) is 0 Å². The van der Waals surface area contributed by atoms with Gasteiger partial charge in [0.05, 0.1) is 6.54 Å². The number of rotatable bonds is 5. The Bertz CT molecular complexity index is 242. The lowest BCUT2D eigenvalue weighted by atomic mass is 10.3. The van der Waals surface area contributed by atoms with Crippen LogP contribution in [0.15, 0.2) is 17.3 Å². The van der Waals surface area contributed by atoms with Gasteiger partial charge >= 0.3 is 0 Å². The molecule has 0 radical (unpaired) electrons. The average Bonchev–Trinajstić information content (AvgIpc) is 2.42. The van der Waals surface area contributed by atoms with Crippen molar-refractivity contribution in [2.75, 3.05) is 13.1 Å². The van der Waals surface area contributed by atoms with Gasteiger partial charge in [-0.25, -0.2) is 0 Å². The van der Waals surface area contributed by atoms with Crippen molar-refractivity contribution in [3.63, 3.8) is 0 Å². The Morgan fingerprint density at radius 2 is 1.77 bits per heavy atom. The average molecular weight is 182 g/mol. The highest BCUT2D eigenvalue weighted by Crippen LogP contribution is 2.05. The number of carbonyl (C=O) groups excluding carboxylic acids is 2. The fourth-order valence-corrected chi connectivity index (χ4v) is 1.10. The van der Waals surface area contributed by atoms with E-state index in [9.17, 15) is 14.5 Å². The van der Waals surface area contributed by atoms with Gasteiger partial charge in [-0.3, -0.25) is 14.5 Å². The lowest BCUT2D eigenvalue weighted by molar-refractivity contribution is -0.136. The molecule has 0 unspecified atom stereocenters. The van der Waals surface area contributed by atoms with Crippen LogP contribution in [0, 0.1) is 4.91 Å². The van der Waals surface area contributed by atoms with E-state index in [2.05, 4.69) is 5.18 Å². The van der Waals surface area contributed by atoms with E-state index in [0.29, 0.717) is 19.4 Å². The summed E-state index contributed by atoms with van der Waals surface area (Å²) in [6.45, 7) is 0.615. The minimum atomic E-state index is -0.274. The fraction of sp³-hybridized carbons (Fsp3) is 0.500. The van der Waals surface area contributed by atoms with E-state index in [-0.39, 0.29) is 18.4 Å². The van der Waals surface area contributed by atoms with Crippen LogP contribution in [0.4, 0.5) is 0 Å². The molecule has 0 bridgehead atoms. The minimum absolute atomic E-state index is 0.240. The first-order valence-electron chi connectivity index (χ1n) is 4.08. The summed E-state index contributed by atoms with van der Waals surface area (Å²) in [7, 11) is 0. The summed E-state index contributed by atoms with van der Waals surface area (Å²) in [5, 5.41) is 2.68. The predicted molar refractivity (Wildman–Crippen MR) is 45.8 cm³/mol. The first-order chi connectivity index (χ1) is 6.25. The summed E-state index contributed by atoms with van der Waals surface area (Å²) in [6, 6.07) is 0. The summed E-state index contributed by atoms with van der Waals surface area (Å²) < 4.78 is 0. The fourth-order valence-electron chi connectivity index (χ4n) is 1.10. The molecule has 0 N–H and O–H groups in total. The lowest BCUT2D eigenvalue weighted by Crippen LogP contribution is -2.30. The van der Waals surface area contributed by atoms with Crippen molar-refractivity contribution in [3.05, 3.63) is 17.1 Å². The molecule has 13 heavy (non-hydrogen) atoms. The third-order valence-electron chi connectivity index (χ3n) is 1.78. The highest BCUT2D eigenvalue weighted by atomic mass is 16.3. The number of nitroso groups, excluding NO2 is 1. The zero-order valence-electron chi connectivity index (χ0n) is 7.10. The molecule has 70 valence electrons. The Balaban J connectivity index is 2.25. The molecule has 0 aromatic rings. The third kappa shape index (κ3) is 2.47. The highest BCUT2D eigenvalue weighted by molar-refractivity contribution is 6.12. The number of unbranched alkanes of at least 4 members (excludes halogenated alkanes) is 1. The molecule has 1 rings (SSSR count). The molecule has 1 aliphatic rings. The van der Waals surface area contributed by atoms with Gasteiger partial charge in [0.1, 0.15) is 0 Å². The summed E-state index contributed by atoms with van der Waals surface area (Å²) in [4.78, 5) is 32.8. The molecule has 0 aromatic carbocycles. The van der Waals surface area contributed by atoms with Crippen molar-refractivity contribution < 1.29 is 9.59 Å². The second-order valence-electron chi connectivity index (χ2n) is 2.72. The molecule has 0 aromatic heterocycles. The van der Waals surface area contributed by atoms with Crippen molar-refractivity contribution in [1.29, 1.82) is 0 Å². The van der Waals surface area contributed by atoms with E-state index >= 15 is 0 Å². The second kappa shape index (κ2) is 4.49. The van der Waals surface area contributed by atoms with Crippen LogP contribution in [0.3, 0.4) is 0 Å². The summed E-state index contributed by atoms with van der Waals surface area (Å²) in [5.41, 5.74) is 0. The smallest absolute Gasteiger partial charge is 0.253 e. The monoisotopic (exact) mass is 182 g/mol. The Kier molecular flexibility index (Phi) is 3.31. The van der Waals surface area contributed by atoms with Gasteiger partial charge in [-0.15, -0.1) is 0 Å². The quantitative estimate of drug-likeness (QED) is 0.352. The molecule has 0 fully saturated rings. The number of hydrogen-bond donors (Lipinski definition) is 0. The Morgan fingerprint density at radius 1 is 1.15 bits per heavy atom. The van der Waals surface area contributed by atoms with E-state index in [1.807, 2.05) is 0 Å². The number of carbonyl (C=O) groups is 2. The maximum Gasteiger partial charge on any atom is 0.253 e. The Labute approximate surface area is 75.4 Å². The van der Waals surface area contributed by atoms with Crippen LogP contribution in [0.1, 0.15) is 12.8 Å². The number of imide groups is 1. The molecule has 0 saturated heterocycles. The molecule has 0 saturated carbocycles. The van der Waals surface area contributed by atoms with Crippen LogP contribution in [-0.4, -0.2) is 29.8 Å². The molecule has 0 aliphatic carbocycles. The van der Waals surface area contributed by atoms with Gasteiger partial charge in [0.2, 0.25) is 0 Å². The van der Waals surface area contributed by atoms with Crippen molar-refractivity contribution in [2.45, 2.75) is 12.8 Å². The van der Waals surface area contributed by atoms with Crippen LogP contribution in [0.2, 0.25) is 0 Å². The molecular weight excluding hydrogens is 172 g/mol. The predicted octanol–water partition coefficient (Wildman–Crippen LogP) is 0.458. The van der Waals surface area contributed by atoms with E-state index in [1.54, 1.807) is 0 Å². The van der Waals surface area contributed by atoms with Gasteiger partial charge in [0, 0.05) is 18.7 Å². The zero-order chi connectivity index (χ0) is 9.68. The molecule has 0 spiro atoms. The SMILES string of the molecule is O=NCCCCN1C(=O)C=CC1=O. The zero-order valence-corrected chi connectivity index (χ0v) is 7.10. The summed E-state index contributed by atoms with van der Waals surface area (Å²) >= 11 is 0. The number of amides is 2. The second-order valence-corrected chi connectivity index (χ2v) is 2.72. The topological polar surface area (TPSA) is 66.8 Å². The Hall–Kier alpha value is -1.52. The van der Waals surface area contributed by atoms with Gasteiger partial charge in [0.25, 0.3) is 11.8 Å². The molecule has 1 heterocycles.